The summed E-state index contributed by atoms with van der Waals surface area (Å²) in [5.74, 6) is -2.95. The summed E-state index contributed by atoms with van der Waals surface area (Å²) in [7, 11) is 5.77. The van der Waals surface area contributed by atoms with E-state index in [1.807, 2.05) is 13.8 Å². The number of fused-ring (bicyclic) bond motifs is 2. The molecule has 6 fully saturated rings. The molecule has 2 radical (unpaired) electrons. The predicted molar refractivity (Wildman–Crippen MR) is 122 cm³/mol. The number of carbonyl (C=O) groups is 1. The molecule has 0 amide bonds. The number of rotatable bonds is 1. The van der Waals surface area contributed by atoms with Crippen LogP contribution in [0, 0.1) is 28.6 Å². The van der Waals surface area contributed by atoms with E-state index in [1.165, 1.54) is 0 Å². The van der Waals surface area contributed by atoms with Crippen molar-refractivity contribution in [2.24, 2.45) is 28.6 Å². The first-order valence-electron chi connectivity index (χ1n) is 11.9. The summed E-state index contributed by atoms with van der Waals surface area (Å²) in [5, 5.41) is 15.6. The number of hydrogen-bond donors (Lipinski definition) is 2. The Morgan fingerprint density at radius 2 is 2.03 bits per heavy atom. The Kier molecular flexibility index (Phi) is 3.67. The van der Waals surface area contributed by atoms with Crippen LogP contribution in [0.5, 0.6) is 0 Å². The summed E-state index contributed by atoms with van der Waals surface area (Å²) in [6.45, 7) is 12.7. The number of aromatic nitrogens is 1. The molecule has 9 heteroatoms. The van der Waals surface area contributed by atoms with E-state index in [0.717, 1.165) is 29.8 Å². The van der Waals surface area contributed by atoms with Crippen LogP contribution >= 0.6 is 11.3 Å². The van der Waals surface area contributed by atoms with Crippen LogP contribution in [0.4, 0.5) is 5.13 Å². The molecule has 0 aromatic carbocycles. The van der Waals surface area contributed by atoms with Crippen LogP contribution in [-0.2, 0) is 30.8 Å². The van der Waals surface area contributed by atoms with Crippen molar-refractivity contribution in [3.05, 3.63) is 22.7 Å². The largest absolute Gasteiger partial charge is 0.414 e. The zero-order chi connectivity index (χ0) is 23.3. The zero-order valence-electron chi connectivity index (χ0n) is 19.4. The van der Waals surface area contributed by atoms with Gasteiger partial charge in [0.25, 0.3) is 0 Å². The standard InChI is InChI=1S/C24H29BN2O5S/c1-10-11-6-7-13-22-9-30-24(23(13,16(10)28)18(11)31-21(4,5)32-24)17(29)14(22)20(2,3)8-12-15(22)26-19(27-25)33-12/h11,13-14,17-18,29H,1,6-9H2,2-5H3,(H,26,27)/t11-,13?,14?,17-,18+,22-,23-,24?/m0/s1. The molecule has 4 bridgehead atoms. The molecule has 2 N–H and O–H groups in total. The maximum absolute atomic E-state index is 14.2. The number of carbonyl (C=O) groups excluding carboxylic acids is 1. The molecule has 4 aliphatic carbocycles. The molecule has 3 saturated heterocycles. The summed E-state index contributed by atoms with van der Waals surface area (Å²) in [4.78, 5) is 20.3. The van der Waals surface area contributed by atoms with Crippen LogP contribution in [-0.4, -0.2) is 54.2 Å². The molecule has 8 atom stereocenters. The number of hydrogen-bond acceptors (Lipinski definition) is 8. The molecular weight excluding hydrogens is 439 g/mol. The van der Waals surface area contributed by atoms with Gasteiger partial charge in [0.05, 0.1) is 18.4 Å². The van der Waals surface area contributed by atoms with Gasteiger partial charge in [-0.15, -0.1) is 11.3 Å². The van der Waals surface area contributed by atoms with Gasteiger partial charge in [-0.2, -0.15) is 0 Å². The second kappa shape index (κ2) is 5.76. The number of Topliss-reactive ketones (excluding diaryl/α,β-unsaturated/α-hetero) is 1. The van der Waals surface area contributed by atoms with E-state index in [2.05, 4.69) is 25.7 Å². The average Bonchev–Trinajstić information content (AvgIpc) is 3.19. The molecule has 7 nitrogen and oxygen atoms in total. The topological polar surface area (TPSA) is 89.9 Å². The summed E-state index contributed by atoms with van der Waals surface area (Å²) in [5.41, 5.74) is -0.538. The Balaban J connectivity index is 1.58. The van der Waals surface area contributed by atoms with Gasteiger partial charge in [-0.3, -0.25) is 4.79 Å². The first-order valence-corrected chi connectivity index (χ1v) is 12.7. The van der Waals surface area contributed by atoms with Gasteiger partial charge in [0.2, 0.25) is 13.8 Å². The monoisotopic (exact) mass is 468 g/mol. The fourth-order valence-electron chi connectivity index (χ4n) is 9.14. The number of anilines is 1. The van der Waals surface area contributed by atoms with Crippen molar-refractivity contribution in [1.29, 1.82) is 0 Å². The Morgan fingerprint density at radius 3 is 2.76 bits per heavy atom. The van der Waals surface area contributed by atoms with E-state index in [4.69, 9.17) is 27.2 Å². The van der Waals surface area contributed by atoms with E-state index < -0.39 is 34.6 Å². The van der Waals surface area contributed by atoms with E-state index in [0.29, 0.717) is 17.3 Å². The number of thiazole rings is 1. The van der Waals surface area contributed by atoms with E-state index >= 15 is 0 Å². The number of aliphatic hydroxyl groups excluding tert-OH is 1. The second-order valence-electron chi connectivity index (χ2n) is 12.0. The van der Waals surface area contributed by atoms with Gasteiger partial charge in [0.15, 0.2) is 16.7 Å². The highest BCUT2D eigenvalue weighted by atomic mass is 32.1. The number of nitrogens with zero attached hydrogens (tertiary/aromatic N) is 1. The molecule has 8 rings (SSSR count). The van der Waals surface area contributed by atoms with E-state index in [-0.39, 0.29) is 29.0 Å². The van der Waals surface area contributed by atoms with Crippen molar-refractivity contribution < 1.29 is 24.1 Å². The molecule has 7 aliphatic rings. The number of ketones is 1. The number of nitrogens with one attached hydrogen (secondary N) is 1. The predicted octanol–water partition coefficient (Wildman–Crippen LogP) is 2.48. The summed E-state index contributed by atoms with van der Waals surface area (Å²) < 4.78 is 19.8. The Bertz CT molecular complexity index is 1130. The van der Waals surface area contributed by atoms with Gasteiger partial charge in [-0.25, -0.2) is 4.98 Å². The van der Waals surface area contributed by atoms with Crippen LogP contribution in [0.15, 0.2) is 12.2 Å². The van der Waals surface area contributed by atoms with Crippen LogP contribution in [0.1, 0.15) is 51.1 Å². The number of aliphatic hydroxyl groups is 1. The lowest BCUT2D eigenvalue weighted by atomic mass is 9.36. The fraction of sp³-hybridized carbons (Fsp3) is 0.750. The molecule has 1 aromatic heterocycles. The van der Waals surface area contributed by atoms with Crippen molar-refractivity contribution >= 4 is 30.2 Å². The summed E-state index contributed by atoms with van der Waals surface area (Å²) in [6, 6.07) is 0. The van der Waals surface area contributed by atoms with Crippen molar-refractivity contribution in [2.75, 3.05) is 11.8 Å². The first-order chi connectivity index (χ1) is 15.5. The maximum atomic E-state index is 14.2. The van der Waals surface area contributed by atoms with Crippen molar-refractivity contribution in [2.45, 2.75) is 76.2 Å². The summed E-state index contributed by atoms with van der Waals surface area (Å²) >= 11 is 1.55. The molecular formula is C24H29BN2O5S. The quantitative estimate of drug-likeness (QED) is 0.484. The fourth-order valence-corrected chi connectivity index (χ4v) is 10.3. The van der Waals surface area contributed by atoms with Gasteiger partial charge < -0.3 is 24.5 Å². The first kappa shape index (κ1) is 21.1. The van der Waals surface area contributed by atoms with Gasteiger partial charge >= 0.3 is 0 Å². The lowest BCUT2D eigenvalue weighted by Gasteiger charge is -2.76. The van der Waals surface area contributed by atoms with Crippen LogP contribution in [0.2, 0.25) is 0 Å². The molecule has 3 unspecified atom stereocenters. The molecule has 33 heavy (non-hydrogen) atoms. The molecule has 3 saturated carbocycles. The molecule has 1 aromatic rings. The zero-order valence-corrected chi connectivity index (χ0v) is 20.3. The van der Waals surface area contributed by atoms with Crippen LogP contribution < -0.4 is 5.23 Å². The third kappa shape index (κ3) is 1.96. The molecule has 174 valence electrons. The van der Waals surface area contributed by atoms with Gasteiger partial charge in [-0.05, 0) is 50.0 Å². The normalized spacial score (nSPS) is 49.9. The minimum atomic E-state index is -1.47. The van der Waals surface area contributed by atoms with Crippen LogP contribution in [0.25, 0.3) is 0 Å². The van der Waals surface area contributed by atoms with E-state index in [9.17, 15) is 9.90 Å². The van der Waals surface area contributed by atoms with E-state index in [1.54, 1.807) is 11.3 Å². The van der Waals surface area contributed by atoms with Gasteiger partial charge in [0, 0.05) is 22.1 Å². The SMILES string of the molecule is [B]Nc1nc2c(s1)CC(C)(C)C1[C@H](O)C34OC[C@@]21C1CC[C@H]2C(=C)C(=O)[C@]13[C@@H]2OC(C)(C)O4. The Hall–Kier alpha value is -1.26. The lowest BCUT2D eigenvalue weighted by molar-refractivity contribution is -0.519. The Labute approximate surface area is 198 Å². The highest BCUT2D eigenvalue weighted by molar-refractivity contribution is 7.16. The van der Waals surface area contributed by atoms with Crippen molar-refractivity contribution in [3.63, 3.8) is 0 Å². The highest BCUT2D eigenvalue weighted by Crippen LogP contribution is 2.78. The molecule has 4 heterocycles. The molecule has 3 aliphatic heterocycles. The second-order valence-corrected chi connectivity index (χ2v) is 13.1. The highest BCUT2D eigenvalue weighted by Gasteiger charge is 2.89. The third-order valence-electron chi connectivity index (χ3n) is 9.76. The van der Waals surface area contributed by atoms with Gasteiger partial charge in [0.1, 0.15) is 11.5 Å². The maximum Gasteiger partial charge on any atom is 0.225 e. The average molecular weight is 468 g/mol. The third-order valence-corrected chi connectivity index (χ3v) is 10.7. The minimum absolute atomic E-state index is 0.0654. The van der Waals surface area contributed by atoms with Crippen molar-refractivity contribution in [3.8, 4) is 0 Å². The molecule has 3 spiro atoms. The minimum Gasteiger partial charge on any atom is -0.414 e. The number of ether oxygens (including phenoxy) is 3. The van der Waals surface area contributed by atoms with Crippen LogP contribution in [0.3, 0.4) is 0 Å². The Morgan fingerprint density at radius 1 is 1.27 bits per heavy atom. The summed E-state index contributed by atoms with van der Waals surface area (Å²) in [6.07, 6.45) is 0.951. The van der Waals surface area contributed by atoms with Gasteiger partial charge in [-0.1, -0.05) is 20.4 Å². The lowest BCUT2D eigenvalue weighted by Crippen LogP contribution is -2.88. The smallest absolute Gasteiger partial charge is 0.225 e. The van der Waals surface area contributed by atoms with Crippen molar-refractivity contribution in [1.82, 2.24) is 4.98 Å².